The number of amides is 2. The Hall–Kier alpha value is -1.15. The van der Waals surface area contributed by atoms with Crippen LogP contribution in [-0.4, -0.2) is 52.2 Å². The summed E-state index contributed by atoms with van der Waals surface area (Å²) >= 11 is 15.6. The Morgan fingerprint density at radius 1 is 1.30 bits per heavy atom. The number of nitrogens with one attached hydrogen (secondary N) is 1. The number of halogens is 2. The van der Waals surface area contributed by atoms with Gasteiger partial charge in [0.25, 0.3) is 0 Å². The van der Waals surface area contributed by atoms with Crippen LogP contribution >= 0.6 is 46.3 Å². The van der Waals surface area contributed by atoms with Crippen LogP contribution in [0.5, 0.6) is 0 Å². The molecule has 1 aliphatic carbocycles. The van der Waals surface area contributed by atoms with Crippen molar-refractivity contribution in [1.29, 1.82) is 0 Å². The van der Waals surface area contributed by atoms with Gasteiger partial charge in [-0.15, -0.1) is 46.3 Å². The maximum atomic E-state index is 12.7. The zero-order valence-corrected chi connectivity index (χ0v) is 17.8. The lowest BCUT2D eigenvalue weighted by Gasteiger charge is -2.34. The first-order valence-electron chi connectivity index (χ1n) is 8.83. The number of hydrogen-bond acceptors (Lipinski definition) is 5. The highest BCUT2D eigenvalue weighted by Gasteiger charge is 2.51. The van der Waals surface area contributed by atoms with Crippen LogP contribution in [0.3, 0.4) is 0 Å². The molecular weight excluding hydrogens is 423 g/mol. The number of hydrogen-bond donors (Lipinski definition) is 1. The molecule has 0 radical (unpaired) electrons. The van der Waals surface area contributed by atoms with Crippen molar-refractivity contribution in [2.24, 2.45) is 5.92 Å². The van der Waals surface area contributed by atoms with Gasteiger partial charge in [0.2, 0.25) is 0 Å². The molecule has 4 rings (SSSR count). The number of benzene rings is 1. The molecule has 0 bridgehead atoms. The lowest BCUT2D eigenvalue weighted by atomic mass is 10.3. The molecule has 1 saturated heterocycles. The average molecular weight is 443 g/mol. The quantitative estimate of drug-likeness (QED) is 0.534. The van der Waals surface area contributed by atoms with Crippen LogP contribution in [0, 0.1) is 5.92 Å². The van der Waals surface area contributed by atoms with Crippen LogP contribution in [-0.2, 0) is 0 Å². The Bertz CT molecular complexity index is 794. The number of aromatic nitrogens is 1. The van der Waals surface area contributed by atoms with Crippen molar-refractivity contribution in [1.82, 2.24) is 9.88 Å². The third-order valence-electron chi connectivity index (χ3n) is 4.78. The molecule has 1 atom stereocenters. The third-order valence-corrected chi connectivity index (χ3v) is 7.78. The van der Waals surface area contributed by atoms with Gasteiger partial charge in [0.1, 0.15) is 4.33 Å². The number of para-hydroxylation sites is 1. The summed E-state index contributed by atoms with van der Waals surface area (Å²) in [6.07, 6.45) is 2.65. The normalized spacial score (nSPS) is 21.2. The molecule has 2 amide bonds. The summed E-state index contributed by atoms with van der Waals surface area (Å²) in [5.41, 5.74) is 0.838. The second kappa shape index (κ2) is 8.07. The minimum absolute atomic E-state index is 0.0581. The number of urea groups is 1. The maximum absolute atomic E-state index is 12.7. The smallest absolute Gasteiger partial charge is 0.321 e. The Morgan fingerprint density at radius 3 is 2.70 bits per heavy atom. The molecule has 2 aliphatic rings. The van der Waals surface area contributed by atoms with Crippen LogP contribution in [0.2, 0.25) is 0 Å². The molecule has 2 heterocycles. The van der Waals surface area contributed by atoms with Crippen LogP contribution in [0.4, 0.5) is 15.6 Å². The van der Waals surface area contributed by atoms with E-state index < -0.39 is 4.33 Å². The highest BCUT2D eigenvalue weighted by molar-refractivity contribution is 7.99. The molecule has 1 aromatic carbocycles. The number of carbonyl (C=O) groups is 1. The molecule has 0 spiro atoms. The first-order chi connectivity index (χ1) is 13.0. The summed E-state index contributed by atoms with van der Waals surface area (Å²) in [6.45, 7) is 2.96. The van der Waals surface area contributed by atoms with Crippen molar-refractivity contribution >= 4 is 63.2 Å². The standard InChI is InChI=1S/C18H20Cl2N4OS2/c19-18(20)11-13(18)12-27-15-4-2-1-3-14(15)22-16(25)23-6-8-24(9-7-23)17-21-5-10-26-17/h1-5,10,13H,6-9,11-12H2,(H,22,25). The van der Waals surface area contributed by atoms with Crippen molar-refractivity contribution in [3.05, 3.63) is 35.8 Å². The average Bonchev–Trinajstić information content (AvgIpc) is 3.06. The summed E-state index contributed by atoms with van der Waals surface area (Å²) in [5, 5.41) is 6.06. The van der Waals surface area contributed by atoms with E-state index in [1.807, 2.05) is 40.7 Å². The topological polar surface area (TPSA) is 48.5 Å². The monoisotopic (exact) mass is 442 g/mol. The molecule has 2 fully saturated rings. The largest absolute Gasteiger partial charge is 0.345 e. The van der Waals surface area contributed by atoms with Gasteiger partial charge in [-0.1, -0.05) is 12.1 Å². The number of thioether (sulfide) groups is 1. The van der Waals surface area contributed by atoms with E-state index in [0.717, 1.165) is 41.0 Å². The number of nitrogens with zero attached hydrogens (tertiary/aromatic N) is 3. The molecule has 5 nitrogen and oxygen atoms in total. The summed E-state index contributed by atoms with van der Waals surface area (Å²) in [4.78, 5) is 22.2. The third kappa shape index (κ3) is 4.65. The number of rotatable bonds is 5. The van der Waals surface area contributed by atoms with Crippen LogP contribution in [0.1, 0.15) is 6.42 Å². The maximum Gasteiger partial charge on any atom is 0.321 e. The van der Waals surface area contributed by atoms with Gasteiger partial charge in [0.15, 0.2) is 5.13 Å². The summed E-state index contributed by atoms with van der Waals surface area (Å²) < 4.78 is -0.567. The Labute approximate surface area is 177 Å². The molecule has 1 N–H and O–H groups in total. The number of anilines is 2. The second-order valence-electron chi connectivity index (χ2n) is 6.69. The molecule has 27 heavy (non-hydrogen) atoms. The molecule has 1 unspecified atom stereocenters. The highest BCUT2D eigenvalue weighted by atomic mass is 35.5. The lowest BCUT2D eigenvalue weighted by molar-refractivity contribution is 0.208. The van der Waals surface area contributed by atoms with Crippen molar-refractivity contribution in [3.63, 3.8) is 0 Å². The highest BCUT2D eigenvalue weighted by Crippen LogP contribution is 2.55. The molecule has 1 aromatic heterocycles. The Morgan fingerprint density at radius 2 is 2.04 bits per heavy atom. The molecule has 144 valence electrons. The summed E-state index contributed by atoms with van der Waals surface area (Å²) in [7, 11) is 0. The van der Waals surface area contributed by atoms with Crippen molar-refractivity contribution in [3.8, 4) is 0 Å². The second-order valence-corrected chi connectivity index (χ2v) is 10.2. The van der Waals surface area contributed by atoms with E-state index in [0.29, 0.717) is 19.0 Å². The SMILES string of the molecule is O=C(Nc1ccccc1SCC1CC1(Cl)Cl)N1CCN(c2nccs2)CC1. The van der Waals surface area contributed by atoms with Crippen molar-refractivity contribution in [2.45, 2.75) is 15.6 Å². The minimum Gasteiger partial charge on any atom is -0.345 e. The molecule has 1 aliphatic heterocycles. The number of alkyl halides is 2. The summed E-state index contributed by atoms with van der Waals surface area (Å²) in [5.74, 6) is 1.17. The van der Waals surface area contributed by atoms with Crippen LogP contribution < -0.4 is 10.2 Å². The number of carbonyl (C=O) groups excluding carboxylic acids is 1. The van der Waals surface area contributed by atoms with Crippen LogP contribution in [0.15, 0.2) is 40.7 Å². The molecule has 9 heteroatoms. The predicted octanol–water partition coefficient (Wildman–Crippen LogP) is 4.78. The van der Waals surface area contributed by atoms with E-state index in [9.17, 15) is 4.79 Å². The molecular formula is C18H20Cl2N4OS2. The number of thiazole rings is 1. The van der Waals surface area contributed by atoms with Gasteiger partial charge in [-0.2, -0.15) is 0 Å². The van der Waals surface area contributed by atoms with Crippen LogP contribution in [0.25, 0.3) is 0 Å². The minimum atomic E-state index is -0.567. The van der Waals surface area contributed by atoms with E-state index in [4.69, 9.17) is 23.2 Å². The first kappa shape index (κ1) is 19.2. The first-order valence-corrected chi connectivity index (χ1v) is 11.4. The fourth-order valence-electron chi connectivity index (χ4n) is 3.00. The van der Waals surface area contributed by atoms with Gasteiger partial charge in [-0.05, 0) is 18.6 Å². The lowest BCUT2D eigenvalue weighted by Crippen LogP contribution is -2.50. The molecule has 1 saturated carbocycles. The van der Waals surface area contributed by atoms with Gasteiger partial charge in [-0.3, -0.25) is 0 Å². The van der Waals surface area contributed by atoms with Gasteiger partial charge in [0.05, 0.1) is 5.69 Å². The Balaban J connectivity index is 1.32. The zero-order valence-electron chi connectivity index (χ0n) is 14.6. The van der Waals surface area contributed by atoms with Gasteiger partial charge >= 0.3 is 6.03 Å². The van der Waals surface area contributed by atoms with E-state index >= 15 is 0 Å². The fourth-order valence-corrected chi connectivity index (χ4v) is 5.64. The fraction of sp³-hybridized carbons (Fsp3) is 0.444. The predicted molar refractivity (Wildman–Crippen MR) is 115 cm³/mol. The van der Waals surface area contributed by atoms with Gasteiger partial charge in [0, 0.05) is 54.3 Å². The van der Waals surface area contributed by atoms with Gasteiger partial charge in [-0.25, -0.2) is 9.78 Å². The van der Waals surface area contributed by atoms with E-state index in [1.165, 1.54) is 0 Å². The zero-order chi connectivity index (χ0) is 18.9. The van der Waals surface area contributed by atoms with Crippen molar-refractivity contribution < 1.29 is 4.79 Å². The van der Waals surface area contributed by atoms with E-state index in [2.05, 4.69) is 15.2 Å². The van der Waals surface area contributed by atoms with Crippen molar-refractivity contribution in [2.75, 3.05) is 42.1 Å². The van der Waals surface area contributed by atoms with E-state index in [-0.39, 0.29) is 6.03 Å². The summed E-state index contributed by atoms with van der Waals surface area (Å²) in [6, 6.07) is 7.81. The number of piperazine rings is 1. The Kier molecular flexibility index (Phi) is 5.73. The van der Waals surface area contributed by atoms with Gasteiger partial charge < -0.3 is 15.1 Å². The molecule has 2 aromatic rings. The van der Waals surface area contributed by atoms with E-state index in [1.54, 1.807) is 23.1 Å².